The summed E-state index contributed by atoms with van der Waals surface area (Å²) >= 11 is 1.76. The molecule has 0 aliphatic carbocycles. The zero-order chi connectivity index (χ0) is 24.6. The second kappa shape index (κ2) is 12.1. The molecule has 184 valence electrons. The fourth-order valence-corrected chi connectivity index (χ4v) is 5.56. The van der Waals surface area contributed by atoms with Gasteiger partial charge in [0.1, 0.15) is 6.54 Å². The Morgan fingerprint density at radius 3 is 2.54 bits per heavy atom. The lowest BCUT2D eigenvalue weighted by atomic mass is 9.93. The number of carbonyl (C=O) groups is 2. The largest absolute Gasteiger partial charge is 0.382 e. The highest BCUT2D eigenvalue weighted by Gasteiger charge is 2.34. The molecular weight excluding hydrogens is 456 g/mol. The fourth-order valence-electron chi connectivity index (χ4n) is 4.65. The van der Waals surface area contributed by atoms with Gasteiger partial charge in [-0.25, -0.2) is 0 Å². The Morgan fingerprint density at radius 2 is 1.83 bits per heavy atom. The van der Waals surface area contributed by atoms with E-state index in [1.165, 1.54) is 16.0 Å². The minimum absolute atomic E-state index is 0.0226. The third kappa shape index (κ3) is 6.00. The summed E-state index contributed by atoms with van der Waals surface area (Å²) in [4.78, 5) is 32.2. The summed E-state index contributed by atoms with van der Waals surface area (Å²) in [5.74, 6) is -0.132. The molecule has 0 N–H and O–H groups in total. The van der Waals surface area contributed by atoms with E-state index >= 15 is 0 Å². The van der Waals surface area contributed by atoms with Crippen molar-refractivity contribution in [2.75, 3.05) is 32.8 Å². The van der Waals surface area contributed by atoms with E-state index in [2.05, 4.69) is 30.5 Å². The van der Waals surface area contributed by atoms with Crippen molar-refractivity contribution >= 4 is 23.2 Å². The van der Waals surface area contributed by atoms with Crippen LogP contribution in [0.15, 0.2) is 66.0 Å². The average Bonchev–Trinajstić information content (AvgIpc) is 3.39. The Hall–Kier alpha value is -2.96. The molecule has 0 radical (unpaired) electrons. The van der Waals surface area contributed by atoms with Gasteiger partial charge in [0.15, 0.2) is 0 Å². The van der Waals surface area contributed by atoms with Crippen LogP contribution in [0.3, 0.4) is 0 Å². The highest BCUT2D eigenvalue weighted by atomic mass is 32.1. The summed E-state index contributed by atoms with van der Waals surface area (Å²) in [6.07, 6.45) is 2.46. The second-order valence-corrected chi connectivity index (χ2v) is 9.78. The molecule has 1 unspecified atom stereocenters. The molecule has 1 aliphatic rings. The van der Waals surface area contributed by atoms with Gasteiger partial charge in [0.25, 0.3) is 5.91 Å². The molecule has 3 aromatic rings. The molecule has 0 bridgehead atoms. The van der Waals surface area contributed by atoms with E-state index in [-0.39, 0.29) is 24.4 Å². The Kier molecular flexibility index (Phi) is 8.72. The molecule has 2 amide bonds. The summed E-state index contributed by atoms with van der Waals surface area (Å²) in [6, 6.07) is 19.9. The molecule has 0 fully saturated rings. The molecule has 6 heteroatoms. The molecule has 0 saturated heterocycles. The zero-order valence-corrected chi connectivity index (χ0v) is 21.4. The number of carbonyl (C=O) groups excluding carboxylic acids is 2. The van der Waals surface area contributed by atoms with E-state index in [4.69, 9.17) is 4.74 Å². The van der Waals surface area contributed by atoms with Crippen LogP contribution in [-0.2, 0) is 22.4 Å². The van der Waals surface area contributed by atoms with Crippen molar-refractivity contribution in [2.24, 2.45) is 0 Å². The quantitative estimate of drug-likeness (QED) is 0.360. The Bertz CT molecular complexity index is 1110. The van der Waals surface area contributed by atoms with Crippen LogP contribution in [0.25, 0.3) is 0 Å². The predicted octanol–water partition coefficient (Wildman–Crippen LogP) is 5.35. The SMILES string of the molecule is CCOCCCN(CC(=O)N1CCc2sccc2C1c1ccccc1)C(=O)c1ccc(CC)cc1. The van der Waals surface area contributed by atoms with Gasteiger partial charge in [0.05, 0.1) is 6.04 Å². The molecule has 2 heterocycles. The summed E-state index contributed by atoms with van der Waals surface area (Å²) in [7, 11) is 0. The van der Waals surface area contributed by atoms with Crippen molar-refractivity contribution in [1.82, 2.24) is 9.80 Å². The van der Waals surface area contributed by atoms with Gasteiger partial charge < -0.3 is 14.5 Å². The van der Waals surface area contributed by atoms with Crippen molar-refractivity contribution < 1.29 is 14.3 Å². The lowest BCUT2D eigenvalue weighted by molar-refractivity contribution is -0.134. The van der Waals surface area contributed by atoms with E-state index < -0.39 is 0 Å². The monoisotopic (exact) mass is 490 g/mol. The van der Waals surface area contributed by atoms with Crippen LogP contribution < -0.4 is 0 Å². The van der Waals surface area contributed by atoms with Gasteiger partial charge in [-0.1, -0.05) is 49.4 Å². The van der Waals surface area contributed by atoms with Crippen LogP contribution in [0.1, 0.15) is 58.2 Å². The van der Waals surface area contributed by atoms with E-state index in [0.29, 0.717) is 38.3 Å². The third-order valence-electron chi connectivity index (χ3n) is 6.54. The maximum atomic E-state index is 13.8. The zero-order valence-electron chi connectivity index (χ0n) is 20.6. The van der Waals surface area contributed by atoms with Crippen LogP contribution >= 0.6 is 11.3 Å². The number of hydrogen-bond acceptors (Lipinski definition) is 4. The minimum Gasteiger partial charge on any atom is -0.382 e. The first-order chi connectivity index (χ1) is 17.1. The number of amides is 2. The number of nitrogens with zero attached hydrogens (tertiary/aromatic N) is 2. The maximum Gasteiger partial charge on any atom is 0.254 e. The maximum absolute atomic E-state index is 13.8. The van der Waals surface area contributed by atoms with Gasteiger partial charge in [-0.15, -0.1) is 11.3 Å². The normalized spacial score (nSPS) is 15.0. The molecular formula is C29H34N2O3S. The van der Waals surface area contributed by atoms with Gasteiger partial charge in [-0.05, 0) is 66.5 Å². The lowest BCUT2D eigenvalue weighted by Gasteiger charge is -2.37. The third-order valence-corrected chi connectivity index (χ3v) is 7.54. The second-order valence-electron chi connectivity index (χ2n) is 8.78. The van der Waals surface area contributed by atoms with Crippen molar-refractivity contribution in [2.45, 2.75) is 39.2 Å². The Morgan fingerprint density at radius 1 is 1.06 bits per heavy atom. The van der Waals surface area contributed by atoms with Crippen molar-refractivity contribution in [3.05, 3.63) is 93.2 Å². The predicted molar refractivity (Wildman–Crippen MR) is 141 cm³/mol. The van der Waals surface area contributed by atoms with Crippen LogP contribution in [0.4, 0.5) is 0 Å². The molecule has 4 rings (SSSR count). The fraction of sp³-hybridized carbons (Fsp3) is 0.379. The van der Waals surface area contributed by atoms with Crippen LogP contribution in [0.5, 0.6) is 0 Å². The van der Waals surface area contributed by atoms with Crippen LogP contribution in [0.2, 0.25) is 0 Å². The summed E-state index contributed by atoms with van der Waals surface area (Å²) < 4.78 is 5.49. The average molecular weight is 491 g/mol. The molecule has 1 atom stereocenters. The Balaban J connectivity index is 1.56. The first-order valence-corrected chi connectivity index (χ1v) is 13.4. The van der Waals surface area contributed by atoms with E-state index in [9.17, 15) is 9.59 Å². The molecule has 0 spiro atoms. The number of aryl methyl sites for hydroxylation is 1. The van der Waals surface area contributed by atoms with Crippen molar-refractivity contribution in [3.8, 4) is 0 Å². The van der Waals surface area contributed by atoms with Gasteiger partial charge in [-0.3, -0.25) is 9.59 Å². The van der Waals surface area contributed by atoms with Gasteiger partial charge in [-0.2, -0.15) is 0 Å². The van der Waals surface area contributed by atoms with Gasteiger partial charge >= 0.3 is 0 Å². The smallest absolute Gasteiger partial charge is 0.254 e. The number of fused-ring (bicyclic) bond motifs is 1. The minimum atomic E-state index is -0.122. The Labute approximate surface area is 212 Å². The molecule has 0 saturated carbocycles. The number of hydrogen-bond donors (Lipinski definition) is 0. The molecule has 35 heavy (non-hydrogen) atoms. The number of thiophene rings is 1. The summed E-state index contributed by atoms with van der Waals surface area (Å²) in [5, 5.41) is 2.11. The highest BCUT2D eigenvalue weighted by molar-refractivity contribution is 7.10. The van der Waals surface area contributed by atoms with Gasteiger partial charge in [0.2, 0.25) is 5.91 Å². The van der Waals surface area contributed by atoms with E-state index in [1.807, 2.05) is 54.3 Å². The van der Waals surface area contributed by atoms with Crippen LogP contribution in [-0.4, -0.2) is 54.5 Å². The van der Waals surface area contributed by atoms with Crippen molar-refractivity contribution in [1.29, 1.82) is 0 Å². The summed E-state index contributed by atoms with van der Waals surface area (Å²) in [5.41, 5.74) is 4.10. The molecule has 1 aromatic heterocycles. The first-order valence-electron chi connectivity index (χ1n) is 12.5. The van der Waals surface area contributed by atoms with E-state index in [0.717, 1.165) is 18.4 Å². The first kappa shape index (κ1) is 25.1. The topological polar surface area (TPSA) is 49.9 Å². The van der Waals surface area contributed by atoms with Crippen LogP contribution in [0, 0.1) is 0 Å². The molecule has 1 aliphatic heterocycles. The highest BCUT2D eigenvalue weighted by Crippen LogP contribution is 2.37. The molecule has 5 nitrogen and oxygen atoms in total. The van der Waals surface area contributed by atoms with Gasteiger partial charge in [0, 0.05) is 36.7 Å². The van der Waals surface area contributed by atoms with Crippen molar-refractivity contribution in [3.63, 3.8) is 0 Å². The number of benzene rings is 2. The number of ether oxygens (including phenoxy) is 1. The number of rotatable bonds is 10. The standard InChI is InChI=1S/C29H34N2O3S/c1-3-22-11-13-24(14-12-22)29(33)30(17-8-19-34-4-2)21-27(32)31-18-15-26-25(16-20-35-26)28(31)23-9-6-5-7-10-23/h5-7,9-14,16,20,28H,3-4,8,15,17-19,21H2,1-2H3. The molecule has 2 aromatic carbocycles. The lowest BCUT2D eigenvalue weighted by Crippen LogP contribution is -2.47. The summed E-state index contributed by atoms with van der Waals surface area (Å²) in [6.45, 7) is 6.45. The van der Waals surface area contributed by atoms with E-state index in [1.54, 1.807) is 16.2 Å².